The molecule has 0 fully saturated rings. The molecule has 2 aromatic heterocycles. The van der Waals surface area contributed by atoms with E-state index in [-0.39, 0.29) is 6.29 Å². The van der Waals surface area contributed by atoms with Crippen molar-refractivity contribution in [2.75, 3.05) is 10.2 Å². The van der Waals surface area contributed by atoms with Gasteiger partial charge in [0, 0.05) is 23.8 Å². The normalized spacial score (nSPS) is 16.0. The molecule has 0 radical (unpaired) electrons. The Morgan fingerprint density at radius 1 is 0.826 bits per heavy atom. The largest absolute Gasteiger partial charge is 0.331 e. The maximum atomic E-state index is 4.80. The SMILES string of the molecule is C1=c2ccccc2=NC(Nc2ccccn2)N1c1ccccn1. The Bertz CT molecular complexity index is 909. The van der Waals surface area contributed by atoms with Gasteiger partial charge in [0.15, 0.2) is 0 Å². The van der Waals surface area contributed by atoms with Crippen LogP contribution in [0.15, 0.2) is 78.0 Å². The molecule has 0 bridgehead atoms. The number of fused-ring (bicyclic) bond motifs is 1. The molecular weight excluding hydrogens is 286 g/mol. The Balaban J connectivity index is 1.79. The zero-order valence-electron chi connectivity index (χ0n) is 12.4. The Kier molecular flexibility index (Phi) is 3.44. The molecule has 1 aliphatic rings. The zero-order valence-corrected chi connectivity index (χ0v) is 12.4. The lowest BCUT2D eigenvalue weighted by atomic mass is 10.2. The van der Waals surface area contributed by atoms with Gasteiger partial charge in [-0.05, 0) is 30.3 Å². The van der Waals surface area contributed by atoms with Crippen LogP contribution in [0.1, 0.15) is 0 Å². The first kappa shape index (κ1) is 13.5. The first-order valence-electron chi connectivity index (χ1n) is 7.42. The molecular formula is C18H15N5. The van der Waals surface area contributed by atoms with Crippen molar-refractivity contribution in [1.82, 2.24) is 9.97 Å². The smallest absolute Gasteiger partial charge is 0.203 e. The summed E-state index contributed by atoms with van der Waals surface area (Å²) in [4.78, 5) is 15.6. The van der Waals surface area contributed by atoms with Crippen molar-refractivity contribution in [1.29, 1.82) is 0 Å². The van der Waals surface area contributed by atoms with Gasteiger partial charge in [0.2, 0.25) is 6.29 Å². The first-order chi connectivity index (χ1) is 11.4. The van der Waals surface area contributed by atoms with Crippen molar-refractivity contribution in [3.05, 3.63) is 83.6 Å². The van der Waals surface area contributed by atoms with Crippen LogP contribution in [0.25, 0.3) is 6.20 Å². The average molecular weight is 301 g/mol. The van der Waals surface area contributed by atoms with E-state index in [0.717, 1.165) is 22.2 Å². The number of hydrogen-bond acceptors (Lipinski definition) is 5. The van der Waals surface area contributed by atoms with E-state index in [2.05, 4.69) is 21.5 Å². The van der Waals surface area contributed by atoms with Gasteiger partial charge in [-0.1, -0.05) is 30.3 Å². The van der Waals surface area contributed by atoms with Gasteiger partial charge in [0.25, 0.3) is 0 Å². The van der Waals surface area contributed by atoms with Crippen LogP contribution < -0.4 is 20.8 Å². The van der Waals surface area contributed by atoms with Crippen molar-refractivity contribution >= 4 is 17.8 Å². The topological polar surface area (TPSA) is 53.4 Å². The molecule has 0 saturated carbocycles. The minimum absolute atomic E-state index is 0.297. The van der Waals surface area contributed by atoms with Crippen molar-refractivity contribution in [3.8, 4) is 0 Å². The van der Waals surface area contributed by atoms with E-state index in [1.165, 1.54) is 0 Å². The van der Waals surface area contributed by atoms with Crippen molar-refractivity contribution < 1.29 is 0 Å². The van der Waals surface area contributed by atoms with Crippen molar-refractivity contribution in [2.45, 2.75) is 6.29 Å². The number of rotatable bonds is 3. The highest BCUT2D eigenvalue weighted by atomic mass is 15.4. The molecule has 3 aromatic rings. The standard InChI is InChI=1S/C18H15N5/c1-2-8-15-14(7-1)13-23(17-10-4-6-12-20-17)18(21-15)22-16-9-3-5-11-19-16/h1-13,18H,(H,19,22). The molecule has 1 aliphatic heterocycles. The van der Waals surface area contributed by atoms with Gasteiger partial charge in [0.05, 0.1) is 5.36 Å². The third-order valence-electron chi connectivity index (χ3n) is 3.60. The number of aromatic nitrogens is 2. The van der Waals surface area contributed by atoms with Crippen LogP contribution in [0.2, 0.25) is 0 Å². The fourth-order valence-corrected chi connectivity index (χ4v) is 2.51. The van der Waals surface area contributed by atoms with Gasteiger partial charge < -0.3 is 5.32 Å². The van der Waals surface area contributed by atoms with Crippen LogP contribution in [0.4, 0.5) is 11.6 Å². The molecule has 4 rings (SSSR count). The molecule has 5 nitrogen and oxygen atoms in total. The number of benzene rings is 1. The number of para-hydroxylation sites is 1. The lowest BCUT2D eigenvalue weighted by Crippen LogP contribution is -2.46. The predicted octanol–water partition coefficient (Wildman–Crippen LogP) is 1.75. The van der Waals surface area contributed by atoms with Gasteiger partial charge >= 0.3 is 0 Å². The second kappa shape index (κ2) is 5.88. The van der Waals surface area contributed by atoms with E-state index in [1.807, 2.05) is 65.6 Å². The second-order valence-electron chi connectivity index (χ2n) is 5.15. The fourth-order valence-electron chi connectivity index (χ4n) is 2.51. The summed E-state index contributed by atoms with van der Waals surface area (Å²) >= 11 is 0. The average Bonchev–Trinajstić information content (AvgIpc) is 2.63. The third kappa shape index (κ3) is 2.76. The maximum absolute atomic E-state index is 4.80. The highest BCUT2D eigenvalue weighted by Crippen LogP contribution is 2.17. The molecule has 0 saturated heterocycles. The monoisotopic (exact) mass is 301 g/mol. The number of hydrogen-bond donors (Lipinski definition) is 1. The minimum atomic E-state index is -0.297. The lowest BCUT2D eigenvalue weighted by Gasteiger charge is -2.29. The van der Waals surface area contributed by atoms with Crippen LogP contribution in [0, 0.1) is 0 Å². The fraction of sp³-hybridized carbons (Fsp3) is 0.0556. The highest BCUT2D eigenvalue weighted by molar-refractivity contribution is 5.58. The minimum Gasteiger partial charge on any atom is -0.331 e. The summed E-state index contributed by atoms with van der Waals surface area (Å²) in [5.41, 5.74) is 0. The van der Waals surface area contributed by atoms with Crippen LogP contribution in [0.5, 0.6) is 0 Å². The molecule has 0 amide bonds. The number of nitrogens with zero attached hydrogens (tertiary/aromatic N) is 4. The molecule has 1 unspecified atom stereocenters. The summed E-state index contributed by atoms with van der Waals surface area (Å²) in [7, 11) is 0. The van der Waals surface area contributed by atoms with E-state index in [0.29, 0.717) is 0 Å². The predicted molar refractivity (Wildman–Crippen MR) is 90.1 cm³/mol. The molecule has 1 N–H and O–H groups in total. The van der Waals surface area contributed by atoms with Crippen LogP contribution in [-0.2, 0) is 0 Å². The summed E-state index contributed by atoms with van der Waals surface area (Å²) in [6.45, 7) is 0. The Labute approximate surface area is 133 Å². The van der Waals surface area contributed by atoms with E-state index in [4.69, 9.17) is 4.99 Å². The Morgan fingerprint density at radius 2 is 1.61 bits per heavy atom. The molecule has 23 heavy (non-hydrogen) atoms. The van der Waals surface area contributed by atoms with E-state index < -0.39 is 0 Å². The summed E-state index contributed by atoms with van der Waals surface area (Å²) in [6.07, 6.45) is 5.30. The quantitative estimate of drug-likeness (QED) is 0.801. The molecule has 112 valence electrons. The van der Waals surface area contributed by atoms with Crippen LogP contribution in [0.3, 0.4) is 0 Å². The maximum Gasteiger partial charge on any atom is 0.203 e. The Morgan fingerprint density at radius 3 is 2.39 bits per heavy atom. The molecule has 5 heteroatoms. The highest BCUT2D eigenvalue weighted by Gasteiger charge is 2.20. The molecule has 3 heterocycles. The molecule has 1 atom stereocenters. The zero-order chi connectivity index (χ0) is 15.5. The molecule has 1 aromatic carbocycles. The number of pyridine rings is 2. The third-order valence-corrected chi connectivity index (χ3v) is 3.60. The molecule has 0 aliphatic carbocycles. The lowest BCUT2D eigenvalue weighted by molar-refractivity contribution is 0.732. The van der Waals surface area contributed by atoms with Crippen molar-refractivity contribution in [2.24, 2.45) is 4.99 Å². The first-order valence-corrected chi connectivity index (χ1v) is 7.42. The summed E-state index contributed by atoms with van der Waals surface area (Å²) in [5, 5.41) is 5.37. The van der Waals surface area contributed by atoms with Crippen molar-refractivity contribution in [3.63, 3.8) is 0 Å². The summed E-state index contributed by atoms with van der Waals surface area (Å²) in [5.74, 6) is 1.61. The van der Waals surface area contributed by atoms with Gasteiger partial charge in [-0.25, -0.2) is 15.0 Å². The van der Waals surface area contributed by atoms with E-state index in [1.54, 1.807) is 12.4 Å². The van der Waals surface area contributed by atoms with Gasteiger partial charge in [-0.2, -0.15) is 0 Å². The Hall–Kier alpha value is -3.21. The van der Waals surface area contributed by atoms with E-state index >= 15 is 0 Å². The number of nitrogens with one attached hydrogen (secondary N) is 1. The van der Waals surface area contributed by atoms with Gasteiger partial charge in [-0.15, -0.1) is 0 Å². The summed E-state index contributed by atoms with van der Waals surface area (Å²) in [6, 6.07) is 19.6. The number of anilines is 2. The van der Waals surface area contributed by atoms with Gasteiger partial charge in [0.1, 0.15) is 11.6 Å². The summed E-state index contributed by atoms with van der Waals surface area (Å²) < 4.78 is 0. The van der Waals surface area contributed by atoms with Gasteiger partial charge in [-0.3, -0.25) is 4.90 Å². The molecule has 0 spiro atoms. The van der Waals surface area contributed by atoms with Crippen LogP contribution >= 0.6 is 0 Å². The van der Waals surface area contributed by atoms with Crippen LogP contribution in [-0.4, -0.2) is 16.3 Å². The second-order valence-corrected chi connectivity index (χ2v) is 5.15. The van der Waals surface area contributed by atoms with E-state index in [9.17, 15) is 0 Å².